The molecule has 2 heterocycles. The highest BCUT2D eigenvalue weighted by molar-refractivity contribution is 7.46. The Hall–Kier alpha value is -1.25. The summed E-state index contributed by atoms with van der Waals surface area (Å²) in [5, 5.41) is 0. The second kappa shape index (κ2) is 6.25. The van der Waals surface area contributed by atoms with Crippen LogP contribution in [0.3, 0.4) is 0 Å². The molecule has 1 aliphatic rings. The molecule has 118 valence electrons. The minimum Gasteiger partial charge on any atom is -0.394 e. The van der Waals surface area contributed by atoms with Gasteiger partial charge in [0.2, 0.25) is 0 Å². The Bertz CT molecular complexity index is 539. The summed E-state index contributed by atoms with van der Waals surface area (Å²) >= 11 is 0. The Balaban J connectivity index is 2.01. The lowest BCUT2D eigenvalue weighted by molar-refractivity contribution is 0.00632. The first-order valence-corrected chi connectivity index (χ1v) is 7.95. The summed E-state index contributed by atoms with van der Waals surface area (Å²) in [6, 6.07) is 0. The second-order valence-electron chi connectivity index (χ2n) is 5.06. The van der Waals surface area contributed by atoms with Gasteiger partial charge in [0.1, 0.15) is 12.6 Å². The van der Waals surface area contributed by atoms with Gasteiger partial charge in [0.25, 0.3) is 0 Å². The average Bonchev–Trinajstić information content (AvgIpc) is 2.77. The lowest BCUT2D eigenvalue weighted by Gasteiger charge is -2.28. The number of nitrogens with zero attached hydrogens (tertiary/aromatic N) is 3. The van der Waals surface area contributed by atoms with Crippen LogP contribution in [0.15, 0.2) is 12.5 Å². The number of hydrogen-bond donors (Lipinski definition) is 3. The Morgan fingerprint density at radius 1 is 1.62 bits per heavy atom. The van der Waals surface area contributed by atoms with Crippen LogP contribution in [-0.4, -0.2) is 45.7 Å². The van der Waals surface area contributed by atoms with Gasteiger partial charge in [-0.15, -0.1) is 0 Å². The van der Waals surface area contributed by atoms with Crippen LogP contribution in [0.4, 0.5) is 11.5 Å². The summed E-state index contributed by atoms with van der Waals surface area (Å²) in [5.41, 5.74) is 6.27. The topological polar surface area (TPSA) is 131 Å². The maximum atomic E-state index is 10.7. The van der Waals surface area contributed by atoms with Crippen molar-refractivity contribution in [3.63, 3.8) is 0 Å². The van der Waals surface area contributed by atoms with E-state index < -0.39 is 7.82 Å². The van der Waals surface area contributed by atoms with Crippen LogP contribution in [-0.2, 0) is 13.8 Å². The predicted molar refractivity (Wildman–Crippen MR) is 75.3 cm³/mol. The van der Waals surface area contributed by atoms with Gasteiger partial charge in [-0.25, -0.2) is 14.5 Å². The van der Waals surface area contributed by atoms with Crippen molar-refractivity contribution in [1.82, 2.24) is 9.97 Å². The van der Waals surface area contributed by atoms with E-state index in [4.69, 9.17) is 20.3 Å². The van der Waals surface area contributed by atoms with Gasteiger partial charge in [-0.2, -0.15) is 0 Å². The van der Waals surface area contributed by atoms with Gasteiger partial charge in [-0.05, 0) is 6.42 Å². The van der Waals surface area contributed by atoms with Gasteiger partial charge in [0.05, 0.1) is 24.6 Å². The van der Waals surface area contributed by atoms with Crippen molar-refractivity contribution >= 4 is 19.3 Å². The first kappa shape index (κ1) is 16.1. The SMILES string of the molecule is CC1CC(COP(=O)(O)O)OC1N(C)c1ncncc1N. The summed E-state index contributed by atoms with van der Waals surface area (Å²) in [4.78, 5) is 27.2. The normalized spacial score (nSPS) is 26.0. The maximum absolute atomic E-state index is 10.7. The number of aromatic nitrogens is 2. The standard InChI is InChI=1S/C11H19N4O5P/c1-7-3-8(5-19-21(16,17)18)20-11(7)15(2)10-9(12)4-13-6-14-10/h4,6-8,11H,3,5,12H2,1-2H3,(H2,16,17,18). The molecule has 9 nitrogen and oxygen atoms in total. The van der Waals surface area contributed by atoms with Crippen molar-refractivity contribution in [3.8, 4) is 0 Å². The molecule has 3 unspecified atom stereocenters. The number of ether oxygens (including phenoxy) is 1. The molecule has 1 saturated heterocycles. The molecule has 2 rings (SSSR count). The van der Waals surface area contributed by atoms with Crippen molar-refractivity contribution in [1.29, 1.82) is 0 Å². The van der Waals surface area contributed by atoms with Crippen LogP contribution in [0, 0.1) is 5.92 Å². The van der Waals surface area contributed by atoms with Gasteiger partial charge < -0.3 is 25.2 Å². The molecular weight excluding hydrogens is 299 g/mol. The van der Waals surface area contributed by atoms with Gasteiger partial charge in [0.15, 0.2) is 5.82 Å². The zero-order valence-corrected chi connectivity index (χ0v) is 12.7. The highest BCUT2D eigenvalue weighted by Gasteiger charge is 2.37. The zero-order chi connectivity index (χ0) is 15.6. The molecule has 1 fully saturated rings. The smallest absolute Gasteiger partial charge is 0.394 e. The number of hydrogen-bond acceptors (Lipinski definition) is 7. The van der Waals surface area contributed by atoms with Crippen LogP contribution in [0.1, 0.15) is 13.3 Å². The molecular formula is C11H19N4O5P. The molecule has 4 N–H and O–H groups in total. The molecule has 0 amide bonds. The molecule has 0 radical (unpaired) electrons. The third-order valence-corrected chi connectivity index (χ3v) is 3.80. The molecule has 21 heavy (non-hydrogen) atoms. The number of nitrogen functional groups attached to an aromatic ring is 1. The number of phosphoric ester groups is 1. The van der Waals surface area contributed by atoms with Crippen LogP contribution in [0.2, 0.25) is 0 Å². The summed E-state index contributed by atoms with van der Waals surface area (Å²) in [6.45, 7) is 1.83. The average molecular weight is 318 g/mol. The quantitative estimate of drug-likeness (QED) is 0.658. The van der Waals surface area contributed by atoms with E-state index >= 15 is 0 Å². The monoisotopic (exact) mass is 318 g/mol. The van der Waals surface area contributed by atoms with Crippen LogP contribution in [0.25, 0.3) is 0 Å². The zero-order valence-electron chi connectivity index (χ0n) is 11.8. The summed E-state index contributed by atoms with van der Waals surface area (Å²) < 4.78 is 21.0. The lowest BCUT2D eigenvalue weighted by atomic mass is 10.1. The molecule has 0 spiro atoms. The maximum Gasteiger partial charge on any atom is 0.469 e. The number of anilines is 2. The summed E-state index contributed by atoms with van der Waals surface area (Å²) in [5.74, 6) is 0.688. The molecule has 1 aliphatic heterocycles. The van der Waals surface area contributed by atoms with Crippen molar-refractivity contribution in [2.45, 2.75) is 25.7 Å². The summed E-state index contributed by atoms with van der Waals surface area (Å²) in [7, 11) is -2.68. The fourth-order valence-electron chi connectivity index (χ4n) is 2.43. The van der Waals surface area contributed by atoms with Crippen LogP contribution in [0.5, 0.6) is 0 Å². The molecule has 10 heteroatoms. The van der Waals surface area contributed by atoms with Gasteiger partial charge in [-0.1, -0.05) is 6.92 Å². The fourth-order valence-corrected chi connectivity index (χ4v) is 2.79. The first-order valence-electron chi connectivity index (χ1n) is 6.42. The van der Waals surface area contributed by atoms with E-state index in [-0.39, 0.29) is 24.9 Å². The number of rotatable bonds is 5. The fraction of sp³-hybridized carbons (Fsp3) is 0.636. The Labute approximate surface area is 122 Å². The van der Waals surface area contributed by atoms with E-state index in [1.807, 2.05) is 6.92 Å². The van der Waals surface area contributed by atoms with E-state index in [2.05, 4.69) is 14.5 Å². The molecule has 0 bridgehead atoms. The third-order valence-electron chi connectivity index (χ3n) is 3.32. The number of nitrogens with two attached hydrogens (primary N) is 1. The van der Waals surface area contributed by atoms with E-state index in [1.54, 1.807) is 11.9 Å². The van der Waals surface area contributed by atoms with Gasteiger partial charge in [-0.3, -0.25) is 4.52 Å². The first-order chi connectivity index (χ1) is 9.78. The van der Waals surface area contributed by atoms with Crippen molar-refractivity contribution in [3.05, 3.63) is 12.5 Å². The Morgan fingerprint density at radius 3 is 2.95 bits per heavy atom. The van der Waals surface area contributed by atoms with E-state index in [0.717, 1.165) is 0 Å². The highest BCUT2D eigenvalue weighted by atomic mass is 31.2. The minimum absolute atomic E-state index is 0.134. The van der Waals surface area contributed by atoms with Gasteiger partial charge in [0, 0.05) is 13.0 Å². The molecule has 0 aromatic carbocycles. The van der Waals surface area contributed by atoms with Crippen molar-refractivity contribution < 1.29 is 23.6 Å². The Kier molecular flexibility index (Phi) is 4.80. The largest absolute Gasteiger partial charge is 0.469 e. The molecule has 0 saturated carbocycles. The van der Waals surface area contributed by atoms with Crippen molar-refractivity contribution in [2.75, 3.05) is 24.3 Å². The minimum atomic E-state index is -4.48. The van der Waals surface area contributed by atoms with E-state index in [0.29, 0.717) is 17.9 Å². The van der Waals surface area contributed by atoms with Crippen LogP contribution >= 0.6 is 7.82 Å². The Morgan fingerprint density at radius 2 is 2.33 bits per heavy atom. The molecule has 0 aliphatic carbocycles. The number of phosphoric acid groups is 1. The van der Waals surface area contributed by atoms with Gasteiger partial charge >= 0.3 is 7.82 Å². The van der Waals surface area contributed by atoms with E-state index in [1.165, 1.54) is 12.5 Å². The summed E-state index contributed by atoms with van der Waals surface area (Å²) in [6.07, 6.45) is 2.85. The van der Waals surface area contributed by atoms with E-state index in [9.17, 15) is 4.57 Å². The third kappa shape index (κ3) is 4.12. The second-order valence-corrected chi connectivity index (χ2v) is 6.30. The molecule has 1 aromatic rings. The van der Waals surface area contributed by atoms with Crippen molar-refractivity contribution in [2.24, 2.45) is 5.92 Å². The predicted octanol–water partition coefficient (Wildman–Crippen LogP) is 0.355. The molecule has 1 aromatic heterocycles. The molecule has 3 atom stereocenters. The highest BCUT2D eigenvalue weighted by Crippen LogP contribution is 2.38. The lowest BCUT2D eigenvalue weighted by Crippen LogP contribution is -2.36. The van der Waals surface area contributed by atoms with Crippen LogP contribution < -0.4 is 10.6 Å².